The van der Waals surface area contributed by atoms with Gasteiger partial charge in [-0.3, -0.25) is 9.59 Å². The average molecular weight is 384 g/mol. The van der Waals surface area contributed by atoms with E-state index in [2.05, 4.69) is 5.32 Å². The molecular weight excluding hydrogens is 358 g/mol. The largest absolute Gasteiger partial charge is 0.352 e. The number of hydrogen-bond acceptors (Lipinski definition) is 4. The number of rotatable bonds is 5. The van der Waals surface area contributed by atoms with E-state index in [1.807, 2.05) is 30.3 Å². The molecule has 1 aliphatic heterocycles. The van der Waals surface area contributed by atoms with Crippen molar-refractivity contribution in [3.8, 4) is 0 Å². The molecule has 0 bridgehead atoms. The van der Waals surface area contributed by atoms with Gasteiger partial charge < -0.3 is 16.0 Å². The Morgan fingerprint density at radius 1 is 1.24 bits per heavy atom. The number of nitrogens with zero attached hydrogens (tertiary/aromatic N) is 1. The summed E-state index contributed by atoms with van der Waals surface area (Å²) in [7, 11) is 0. The van der Waals surface area contributed by atoms with Crippen molar-refractivity contribution >= 4 is 36.0 Å². The Bertz CT molecular complexity index is 581. The van der Waals surface area contributed by atoms with E-state index in [9.17, 15) is 9.59 Å². The summed E-state index contributed by atoms with van der Waals surface area (Å²) in [6.07, 6.45) is 4.18. The van der Waals surface area contributed by atoms with E-state index in [1.54, 1.807) is 16.7 Å². The molecule has 2 unspecified atom stereocenters. The van der Waals surface area contributed by atoms with Gasteiger partial charge in [-0.2, -0.15) is 0 Å². The minimum absolute atomic E-state index is 0. The lowest BCUT2D eigenvalue weighted by Crippen LogP contribution is -2.49. The summed E-state index contributed by atoms with van der Waals surface area (Å²) in [5.74, 6) is 1.48. The van der Waals surface area contributed by atoms with Gasteiger partial charge in [0.05, 0.1) is 5.88 Å². The first-order valence-corrected chi connectivity index (χ1v) is 9.78. The van der Waals surface area contributed by atoms with Crippen LogP contribution in [0.3, 0.4) is 0 Å². The summed E-state index contributed by atoms with van der Waals surface area (Å²) in [6.45, 7) is 0.384. The number of nitrogens with two attached hydrogens (primary N) is 1. The second kappa shape index (κ2) is 9.46. The Labute approximate surface area is 159 Å². The molecule has 138 valence electrons. The molecule has 0 aromatic heterocycles. The molecule has 25 heavy (non-hydrogen) atoms. The molecule has 2 aliphatic rings. The van der Waals surface area contributed by atoms with Crippen LogP contribution in [-0.4, -0.2) is 40.9 Å². The van der Waals surface area contributed by atoms with Crippen LogP contribution in [0.15, 0.2) is 30.3 Å². The maximum Gasteiger partial charge on any atom is 0.243 e. The number of amides is 2. The van der Waals surface area contributed by atoms with Gasteiger partial charge in [0.2, 0.25) is 11.8 Å². The first-order chi connectivity index (χ1) is 11.7. The van der Waals surface area contributed by atoms with Gasteiger partial charge >= 0.3 is 0 Å². The smallest absolute Gasteiger partial charge is 0.243 e. The Balaban J connectivity index is 0.00000225. The zero-order valence-electron chi connectivity index (χ0n) is 14.2. The summed E-state index contributed by atoms with van der Waals surface area (Å²) in [4.78, 5) is 26.9. The van der Waals surface area contributed by atoms with Gasteiger partial charge in [-0.1, -0.05) is 43.2 Å². The predicted octanol–water partition coefficient (Wildman–Crippen LogP) is 2.32. The van der Waals surface area contributed by atoms with Crippen LogP contribution < -0.4 is 11.1 Å². The van der Waals surface area contributed by atoms with E-state index in [-0.39, 0.29) is 42.2 Å². The number of benzene rings is 1. The van der Waals surface area contributed by atoms with Crippen molar-refractivity contribution in [3.05, 3.63) is 35.9 Å². The molecule has 5 nitrogen and oxygen atoms in total. The number of nitrogens with one attached hydrogen (secondary N) is 1. The number of carbonyl (C=O) groups is 2. The fraction of sp³-hybridized carbons (Fsp3) is 0.556. The quantitative estimate of drug-likeness (QED) is 0.818. The topological polar surface area (TPSA) is 75.4 Å². The minimum atomic E-state index is -0.355. The molecule has 3 rings (SSSR count). The molecule has 1 saturated carbocycles. The Morgan fingerprint density at radius 2 is 1.92 bits per heavy atom. The zero-order valence-corrected chi connectivity index (χ0v) is 15.9. The van der Waals surface area contributed by atoms with E-state index in [0.29, 0.717) is 18.2 Å². The molecule has 2 fully saturated rings. The normalized spacial score (nSPS) is 21.6. The van der Waals surface area contributed by atoms with E-state index in [4.69, 9.17) is 5.73 Å². The Kier molecular flexibility index (Phi) is 7.59. The Hall–Kier alpha value is -1.24. The van der Waals surface area contributed by atoms with Gasteiger partial charge in [0.15, 0.2) is 0 Å². The maximum absolute atomic E-state index is 12.6. The van der Waals surface area contributed by atoms with E-state index < -0.39 is 0 Å². The predicted molar refractivity (Wildman–Crippen MR) is 104 cm³/mol. The third-order valence-electron chi connectivity index (χ3n) is 4.90. The summed E-state index contributed by atoms with van der Waals surface area (Å²) < 4.78 is 0. The average Bonchev–Trinajstić information content (AvgIpc) is 3.31. The van der Waals surface area contributed by atoms with Gasteiger partial charge in [-0.25, -0.2) is 0 Å². The van der Waals surface area contributed by atoms with Gasteiger partial charge in [0, 0.05) is 24.3 Å². The van der Waals surface area contributed by atoms with Crippen LogP contribution in [0.25, 0.3) is 0 Å². The highest BCUT2D eigenvalue weighted by atomic mass is 35.5. The number of hydrogen-bond donors (Lipinski definition) is 2. The third kappa shape index (κ3) is 4.90. The Morgan fingerprint density at radius 3 is 2.60 bits per heavy atom. The van der Waals surface area contributed by atoms with Crippen LogP contribution in [0.1, 0.15) is 37.3 Å². The van der Waals surface area contributed by atoms with Crippen molar-refractivity contribution in [2.75, 3.05) is 18.2 Å². The fourth-order valence-electron chi connectivity index (χ4n) is 3.43. The monoisotopic (exact) mass is 383 g/mol. The van der Waals surface area contributed by atoms with Crippen LogP contribution in [0.4, 0.5) is 0 Å². The molecule has 2 atom stereocenters. The van der Waals surface area contributed by atoms with Crippen molar-refractivity contribution in [3.63, 3.8) is 0 Å². The second-order valence-electron chi connectivity index (χ2n) is 6.57. The fourth-order valence-corrected chi connectivity index (χ4v) is 4.59. The van der Waals surface area contributed by atoms with Crippen molar-refractivity contribution < 1.29 is 9.59 Å². The summed E-state index contributed by atoms with van der Waals surface area (Å²) in [6, 6.07) is 9.14. The highest BCUT2D eigenvalue weighted by Gasteiger charge is 2.38. The first kappa shape index (κ1) is 20.1. The maximum atomic E-state index is 12.6. The lowest BCUT2D eigenvalue weighted by molar-refractivity contribution is -0.141. The summed E-state index contributed by atoms with van der Waals surface area (Å²) >= 11 is 1.65. The zero-order chi connectivity index (χ0) is 16.9. The lowest BCUT2D eigenvalue weighted by atomic mass is 10.1. The van der Waals surface area contributed by atoms with Crippen LogP contribution >= 0.6 is 24.2 Å². The number of carbonyl (C=O) groups excluding carboxylic acids is 2. The van der Waals surface area contributed by atoms with Crippen LogP contribution in [0, 0.1) is 5.92 Å². The van der Waals surface area contributed by atoms with E-state index in [1.165, 1.54) is 0 Å². The molecule has 1 aromatic carbocycles. The van der Waals surface area contributed by atoms with Gasteiger partial charge in [-0.15, -0.1) is 24.2 Å². The van der Waals surface area contributed by atoms with Crippen molar-refractivity contribution in [1.82, 2.24) is 10.2 Å². The molecular formula is C18H26ClN3O2S. The number of halogens is 1. The van der Waals surface area contributed by atoms with Gasteiger partial charge in [-0.05, 0) is 18.4 Å². The van der Waals surface area contributed by atoms with Crippen molar-refractivity contribution in [2.45, 2.75) is 37.8 Å². The van der Waals surface area contributed by atoms with E-state index in [0.717, 1.165) is 31.2 Å². The molecule has 1 heterocycles. The highest BCUT2D eigenvalue weighted by molar-refractivity contribution is 7.99. The van der Waals surface area contributed by atoms with Crippen LogP contribution in [0.2, 0.25) is 0 Å². The SMILES string of the molecule is Cl.NC(CNC(=O)C1CSCN1C(=O)C1CCCC1)c1ccccc1. The minimum Gasteiger partial charge on any atom is -0.352 e. The van der Waals surface area contributed by atoms with Gasteiger partial charge in [0.25, 0.3) is 0 Å². The molecule has 0 spiro atoms. The number of thioether (sulfide) groups is 1. The molecule has 1 saturated heterocycles. The highest BCUT2D eigenvalue weighted by Crippen LogP contribution is 2.30. The molecule has 1 aliphatic carbocycles. The summed E-state index contributed by atoms with van der Waals surface area (Å²) in [5, 5.41) is 2.93. The molecule has 0 radical (unpaired) electrons. The molecule has 7 heteroatoms. The molecule has 3 N–H and O–H groups in total. The lowest BCUT2D eigenvalue weighted by Gasteiger charge is -2.26. The first-order valence-electron chi connectivity index (χ1n) is 8.63. The third-order valence-corrected chi connectivity index (χ3v) is 5.91. The molecule has 2 amide bonds. The van der Waals surface area contributed by atoms with Crippen LogP contribution in [0.5, 0.6) is 0 Å². The van der Waals surface area contributed by atoms with Crippen molar-refractivity contribution in [2.24, 2.45) is 11.7 Å². The van der Waals surface area contributed by atoms with Crippen molar-refractivity contribution in [1.29, 1.82) is 0 Å². The van der Waals surface area contributed by atoms with Crippen LogP contribution in [-0.2, 0) is 9.59 Å². The standard InChI is InChI=1S/C18H25N3O2S.ClH/c19-15(13-6-2-1-3-7-13)10-20-17(22)16-11-24-12-21(16)18(23)14-8-4-5-9-14;/h1-3,6-7,14-16H,4-5,8-12,19H2,(H,20,22);1H. The molecule has 1 aromatic rings. The second-order valence-corrected chi connectivity index (χ2v) is 7.57. The van der Waals surface area contributed by atoms with Gasteiger partial charge in [0.1, 0.15) is 6.04 Å². The summed E-state index contributed by atoms with van der Waals surface area (Å²) in [5.41, 5.74) is 7.13. The van der Waals surface area contributed by atoms with E-state index >= 15 is 0 Å².